The van der Waals surface area contributed by atoms with Crippen LogP contribution in [0.2, 0.25) is 0 Å². The summed E-state index contributed by atoms with van der Waals surface area (Å²) in [5, 5.41) is 0. The highest BCUT2D eigenvalue weighted by Crippen LogP contribution is 2.51. The summed E-state index contributed by atoms with van der Waals surface area (Å²) in [5.41, 5.74) is 3.79. The van der Waals surface area contributed by atoms with Crippen LogP contribution in [-0.2, 0) is 4.79 Å². The van der Waals surface area contributed by atoms with Gasteiger partial charge in [-0.1, -0.05) is 78.3 Å². The Morgan fingerprint density at radius 3 is 2.06 bits per heavy atom. The molecule has 170 valence electrons. The zero-order valence-electron chi connectivity index (χ0n) is 19.3. The maximum absolute atomic E-state index is 12.3. The molecule has 0 radical (unpaired) electrons. The molecule has 0 amide bonds. The SMILES string of the molecule is CC1(C)CC(C=O)C2CN(c3ccccc3)C(c3ccc(Br)cc3)N(c3ccccc3)C2C1. The molecule has 3 aromatic carbocycles. The monoisotopic (exact) mass is 502 g/mol. The average Bonchev–Trinajstić information content (AvgIpc) is 2.83. The van der Waals surface area contributed by atoms with E-state index in [1.165, 1.54) is 23.2 Å². The number of carbonyl (C=O) groups excluding carboxylic acids is 1. The number of halogens is 1. The van der Waals surface area contributed by atoms with Crippen molar-refractivity contribution in [2.24, 2.45) is 17.3 Å². The lowest BCUT2D eigenvalue weighted by Gasteiger charge is -2.59. The molecular weight excluding hydrogens is 472 g/mol. The zero-order valence-corrected chi connectivity index (χ0v) is 20.9. The van der Waals surface area contributed by atoms with Gasteiger partial charge in [0.2, 0.25) is 0 Å². The van der Waals surface area contributed by atoms with Gasteiger partial charge in [-0.3, -0.25) is 0 Å². The Morgan fingerprint density at radius 2 is 1.45 bits per heavy atom. The first-order valence-electron chi connectivity index (χ1n) is 11.8. The quantitative estimate of drug-likeness (QED) is 0.355. The normalized spacial score (nSPS) is 26.5. The number of para-hydroxylation sites is 2. The summed E-state index contributed by atoms with van der Waals surface area (Å²) in [6.45, 7) is 5.51. The zero-order chi connectivity index (χ0) is 23.0. The van der Waals surface area contributed by atoms with E-state index >= 15 is 0 Å². The lowest BCUT2D eigenvalue weighted by Crippen LogP contribution is -2.62. The van der Waals surface area contributed by atoms with E-state index in [0.29, 0.717) is 6.04 Å². The Morgan fingerprint density at radius 1 is 0.848 bits per heavy atom. The largest absolute Gasteiger partial charge is 0.347 e. The van der Waals surface area contributed by atoms with Gasteiger partial charge in [-0.05, 0) is 60.2 Å². The summed E-state index contributed by atoms with van der Waals surface area (Å²) in [4.78, 5) is 17.4. The fraction of sp³-hybridized carbons (Fsp3) is 0.345. The molecule has 1 saturated heterocycles. The van der Waals surface area contributed by atoms with Crippen molar-refractivity contribution in [1.82, 2.24) is 0 Å². The van der Waals surface area contributed by atoms with Crippen LogP contribution in [0.4, 0.5) is 11.4 Å². The Bertz CT molecular complexity index is 1080. The Hall–Kier alpha value is -2.59. The second-order valence-corrected chi connectivity index (χ2v) is 11.2. The third-order valence-electron chi connectivity index (χ3n) is 7.40. The molecule has 1 aliphatic carbocycles. The number of hydrogen-bond acceptors (Lipinski definition) is 3. The van der Waals surface area contributed by atoms with Gasteiger partial charge in [-0.15, -0.1) is 0 Å². The van der Waals surface area contributed by atoms with Crippen LogP contribution >= 0.6 is 15.9 Å². The summed E-state index contributed by atoms with van der Waals surface area (Å²) >= 11 is 3.61. The highest BCUT2D eigenvalue weighted by atomic mass is 79.9. The van der Waals surface area contributed by atoms with Crippen LogP contribution in [0.3, 0.4) is 0 Å². The van der Waals surface area contributed by atoms with Gasteiger partial charge < -0.3 is 14.6 Å². The highest BCUT2D eigenvalue weighted by Gasteiger charge is 2.50. The third kappa shape index (κ3) is 4.33. The number of fused-ring (bicyclic) bond motifs is 1. The van der Waals surface area contributed by atoms with Crippen LogP contribution in [0.15, 0.2) is 89.4 Å². The summed E-state index contributed by atoms with van der Waals surface area (Å²) in [6.07, 6.45) is 3.30. The minimum atomic E-state index is 0.0466. The van der Waals surface area contributed by atoms with E-state index in [-0.39, 0.29) is 23.4 Å². The number of carbonyl (C=O) groups is 1. The van der Waals surface area contributed by atoms with Gasteiger partial charge in [0.1, 0.15) is 12.5 Å². The number of aldehydes is 1. The number of nitrogens with zero attached hydrogens (tertiary/aromatic N) is 2. The fourth-order valence-electron chi connectivity index (χ4n) is 6.02. The maximum atomic E-state index is 12.3. The molecule has 33 heavy (non-hydrogen) atoms. The van der Waals surface area contributed by atoms with Crippen LogP contribution < -0.4 is 9.80 Å². The number of hydrogen-bond donors (Lipinski definition) is 0. The van der Waals surface area contributed by atoms with Crippen molar-refractivity contribution in [3.63, 3.8) is 0 Å². The van der Waals surface area contributed by atoms with Gasteiger partial charge in [0.15, 0.2) is 0 Å². The number of benzene rings is 3. The molecule has 1 saturated carbocycles. The van der Waals surface area contributed by atoms with Gasteiger partial charge >= 0.3 is 0 Å². The minimum absolute atomic E-state index is 0.0466. The highest BCUT2D eigenvalue weighted by molar-refractivity contribution is 9.10. The molecule has 2 fully saturated rings. The lowest BCUT2D eigenvalue weighted by molar-refractivity contribution is -0.115. The first kappa shape index (κ1) is 22.2. The van der Waals surface area contributed by atoms with Crippen molar-refractivity contribution < 1.29 is 4.79 Å². The molecule has 3 aromatic rings. The van der Waals surface area contributed by atoms with Crippen molar-refractivity contribution in [3.8, 4) is 0 Å². The van der Waals surface area contributed by atoms with E-state index in [1.807, 2.05) is 0 Å². The Balaban J connectivity index is 1.71. The van der Waals surface area contributed by atoms with Gasteiger partial charge in [-0.25, -0.2) is 0 Å². The van der Waals surface area contributed by atoms with E-state index < -0.39 is 0 Å². The van der Waals surface area contributed by atoms with Crippen molar-refractivity contribution in [2.75, 3.05) is 16.3 Å². The van der Waals surface area contributed by atoms with Crippen molar-refractivity contribution in [1.29, 1.82) is 0 Å². The molecule has 0 bridgehead atoms. The molecule has 1 aliphatic heterocycles. The standard InChI is InChI=1S/C29H31BrN2O/c1-29(2)17-22(20-33)26-19-31(24-9-5-3-6-10-24)28(21-13-15-23(30)16-14-21)32(27(26)18-29)25-11-7-4-8-12-25/h3-16,20,22,26-28H,17-19H2,1-2H3. The average molecular weight is 503 g/mol. The topological polar surface area (TPSA) is 23.6 Å². The lowest BCUT2D eigenvalue weighted by atomic mass is 9.63. The number of rotatable bonds is 4. The van der Waals surface area contributed by atoms with Crippen molar-refractivity contribution >= 4 is 33.6 Å². The second kappa shape index (κ2) is 8.98. The van der Waals surface area contributed by atoms with Gasteiger partial charge in [0, 0.05) is 40.3 Å². The maximum Gasteiger partial charge on any atom is 0.128 e. The second-order valence-electron chi connectivity index (χ2n) is 10.3. The van der Waals surface area contributed by atoms with E-state index in [2.05, 4.69) is 125 Å². The van der Waals surface area contributed by atoms with E-state index in [4.69, 9.17) is 0 Å². The van der Waals surface area contributed by atoms with Gasteiger partial charge in [0.05, 0.1) is 0 Å². The van der Waals surface area contributed by atoms with Crippen LogP contribution in [-0.4, -0.2) is 18.9 Å². The predicted molar refractivity (Wildman–Crippen MR) is 139 cm³/mol. The van der Waals surface area contributed by atoms with Crippen molar-refractivity contribution in [3.05, 3.63) is 95.0 Å². The summed E-state index contributed by atoms with van der Waals surface area (Å²) in [5.74, 6) is 0.338. The number of anilines is 2. The fourth-order valence-corrected chi connectivity index (χ4v) is 6.28. The molecular formula is C29H31BrN2O. The molecule has 4 unspecified atom stereocenters. The minimum Gasteiger partial charge on any atom is -0.347 e. The van der Waals surface area contributed by atoms with Crippen LogP contribution in [0.25, 0.3) is 0 Å². The third-order valence-corrected chi connectivity index (χ3v) is 7.93. The molecule has 1 heterocycles. The van der Waals surface area contributed by atoms with Gasteiger partial charge in [0.25, 0.3) is 0 Å². The van der Waals surface area contributed by atoms with E-state index in [0.717, 1.165) is 23.9 Å². The van der Waals surface area contributed by atoms with E-state index in [9.17, 15) is 4.79 Å². The van der Waals surface area contributed by atoms with Crippen LogP contribution in [0.1, 0.15) is 38.4 Å². The summed E-state index contributed by atoms with van der Waals surface area (Å²) < 4.78 is 1.08. The molecule has 2 aliphatic rings. The summed E-state index contributed by atoms with van der Waals surface area (Å²) in [7, 11) is 0. The molecule has 3 nitrogen and oxygen atoms in total. The Labute approximate surface area is 205 Å². The summed E-state index contributed by atoms with van der Waals surface area (Å²) in [6, 6.07) is 30.4. The predicted octanol–water partition coefficient (Wildman–Crippen LogP) is 7.09. The van der Waals surface area contributed by atoms with Crippen LogP contribution in [0.5, 0.6) is 0 Å². The molecule has 5 rings (SSSR count). The molecule has 0 spiro atoms. The Kier molecular flexibility index (Phi) is 6.05. The van der Waals surface area contributed by atoms with Gasteiger partial charge in [-0.2, -0.15) is 0 Å². The molecule has 4 heteroatoms. The first-order valence-corrected chi connectivity index (χ1v) is 12.6. The molecule has 0 aromatic heterocycles. The first-order chi connectivity index (χ1) is 16.0. The van der Waals surface area contributed by atoms with E-state index in [1.54, 1.807) is 0 Å². The van der Waals surface area contributed by atoms with Crippen LogP contribution in [0, 0.1) is 17.3 Å². The smallest absolute Gasteiger partial charge is 0.128 e. The molecule has 0 N–H and O–H groups in total. The van der Waals surface area contributed by atoms with Crippen molar-refractivity contribution in [2.45, 2.75) is 38.9 Å². The molecule has 4 atom stereocenters.